The van der Waals surface area contributed by atoms with Crippen LogP contribution in [-0.4, -0.2) is 15.7 Å². The van der Waals surface area contributed by atoms with Gasteiger partial charge in [0.15, 0.2) is 0 Å². The third-order valence-corrected chi connectivity index (χ3v) is 4.02. The van der Waals surface area contributed by atoms with Crippen LogP contribution in [-0.2, 0) is 10.8 Å². The largest absolute Gasteiger partial charge is 0.260 e. The van der Waals surface area contributed by atoms with Crippen molar-refractivity contribution in [3.8, 4) is 6.07 Å². The smallest absolute Gasteiger partial charge is 0.0668 e. The summed E-state index contributed by atoms with van der Waals surface area (Å²) in [6, 6.07) is 2.26. The van der Waals surface area contributed by atoms with Crippen molar-refractivity contribution >= 4 is 10.8 Å². The van der Waals surface area contributed by atoms with E-state index in [9.17, 15) is 4.21 Å². The summed E-state index contributed by atoms with van der Waals surface area (Å²) in [6.07, 6.45) is 4.72. The Kier molecular flexibility index (Phi) is 3.28. The van der Waals surface area contributed by atoms with Gasteiger partial charge in [-0.25, -0.2) is 0 Å². The normalized spacial score (nSPS) is 38.6. The summed E-state index contributed by atoms with van der Waals surface area (Å²) in [5, 5.41) is 8.94. The zero-order chi connectivity index (χ0) is 9.14. The van der Waals surface area contributed by atoms with Crippen molar-refractivity contribution in [1.82, 2.24) is 0 Å². The Morgan fingerprint density at radius 2 is 2.17 bits per heavy atom. The van der Waals surface area contributed by atoms with Gasteiger partial charge in [-0.1, -0.05) is 6.92 Å². The van der Waals surface area contributed by atoms with Gasteiger partial charge in [-0.05, 0) is 25.2 Å². The lowest BCUT2D eigenvalue weighted by atomic mass is 9.83. The van der Waals surface area contributed by atoms with Crippen LogP contribution in [0.1, 0.15) is 26.2 Å². The van der Waals surface area contributed by atoms with Crippen molar-refractivity contribution in [1.29, 1.82) is 5.26 Å². The number of nitrogens with zero attached hydrogens (tertiary/aromatic N) is 1. The number of rotatable bonds is 1. The van der Waals surface area contributed by atoms with E-state index in [2.05, 4.69) is 13.0 Å². The molecule has 0 saturated heterocycles. The van der Waals surface area contributed by atoms with E-state index >= 15 is 0 Å². The molecular formula is C9H15NOS. The molecule has 0 heterocycles. The summed E-state index contributed by atoms with van der Waals surface area (Å²) in [5.74, 6) is 0.676. The molecule has 1 saturated carbocycles. The first-order chi connectivity index (χ1) is 5.65. The molecule has 0 bridgehead atoms. The van der Waals surface area contributed by atoms with Crippen molar-refractivity contribution in [2.75, 3.05) is 6.26 Å². The molecule has 0 aliphatic heterocycles. The van der Waals surface area contributed by atoms with E-state index in [-0.39, 0.29) is 11.2 Å². The van der Waals surface area contributed by atoms with E-state index in [1.54, 1.807) is 6.26 Å². The van der Waals surface area contributed by atoms with Crippen molar-refractivity contribution in [2.24, 2.45) is 11.8 Å². The van der Waals surface area contributed by atoms with Crippen LogP contribution in [0.25, 0.3) is 0 Å². The van der Waals surface area contributed by atoms with Crippen molar-refractivity contribution in [3.63, 3.8) is 0 Å². The Labute approximate surface area is 76.4 Å². The molecule has 1 fully saturated rings. The summed E-state index contributed by atoms with van der Waals surface area (Å²) in [6.45, 7) is 2.17. The lowest BCUT2D eigenvalue weighted by Crippen LogP contribution is -2.30. The minimum atomic E-state index is -0.825. The van der Waals surface area contributed by atoms with Gasteiger partial charge < -0.3 is 0 Å². The summed E-state index contributed by atoms with van der Waals surface area (Å²) < 4.78 is 11.3. The van der Waals surface area contributed by atoms with Gasteiger partial charge in [-0.2, -0.15) is 5.26 Å². The van der Waals surface area contributed by atoms with E-state index in [0.717, 1.165) is 19.3 Å². The molecule has 1 aliphatic rings. The highest BCUT2D eigenvalue weighted by Crippen LogP contribution is 2.31. The number of hydrogen-bond donors (Lipinski definition) is 0. The molecule has 1 rings (SSSR count). The highest BCUT2D eigenvalue weighted by atomic mass is 32.2. The van der Waals surface area contributed by atoms with Crippen LogP contribution in [0.5, 0.6) is 0 Å². The molecule has 0 N–H and O–H groups in total. The lowest BCUT2D eigenvalue weighted by molar-refractivity contribution is 0.341. The molecule has 4 atom stereocenters. The molecule has 2 nitrogen and oxygen atoms in total. The maximum atomic E-state index is 11.3. The van der Waals surface area contributed by atoms with Gasteiger partial charge in [-0.15, -0.1) is 0 Å². The third kappa shape index (κ3) is 2.07. The Bertz CT molecular complexity index is 221. The van der Waals surface area contributed by atoms with E-state index in [1.165, 1.54) is 0 Å². The molecule has 0 radical (unpaired) electrons. The van der Waals surface area contributed by atoms with E-state index in [4.69, 9.17) is 5.26 Å². The molecule has 68 valence electrons. The zero-order valence-electron chi connectivity index (χ0n) is 7.62. The monoisotopic (exact) mass is 185 g/mol. The summed E-state index contributed by atoms with van der Waals surface area (Å²) in [5.41, 5.74) is 0. The standard InChI is InChI=1S/C9H15NOS/c1-7-3-4-8(6-10)9(5-7)12(2)11/h7-9H,3-5H2,1-2H3. The Morgan fingerprint density at radius 1 is 1.50 bits per heavy atom. The highest BCUT2D eigenvalue weighted by molar-refractivity contribution is 7.84. The van der Waals surface area contributed by atoms with E-state index < -0.39 is 10.8 Å². The van der Waals surface area contributed by atoms with Crippen molar-refractivity contribution in [3.05, 3.63) is 0 Å². The van der Waals surface area contributed by atoms with Gasteiger partial charge in [0.25, 0.3) is 0 Å². The minimum Gasteiger partial charge on any atom is -0.260 e. The molecule has 0 aromatic carbocycles. The fourth-order valence-electron chi connectivity index (χ4n) is 1.84. The van der Waals surface area contributed by atoms with Crippen LogP contribution in [0.15, 0.2) is 0 Å². The average molecular weight is 185 g/mol. The minimum absolute atomic E-state index is 0.0343. The average Bonchev–Trinajstić information content (AvgIpc) is 2.04. The van der Waals surface area contributed by atoms with Crippen LogP contribution in [0.2, 0.25) is 0 Å². The van der Waals surface area contributed by atoms with Crippen LogP contribution in [0, 0.1) is 23.2 Å². The van der Waals surface area contributed by atoms with Gasteiger partial charge in [0.1, 0.15) is 0 Å². The number of nitriles is 1. The third-order valence-electron chi connectivity index (χ3n) is 2.65. The molecule has 12 heavy (non-hydrogen) atoms. The van der Waals surface area contributed by atoms with E-state index in [1.807, 2.05) is 0 Å². The maximum absolute atomic E-state index is 11.3. The molecule has 0 aromatic rings. The number of hydrogen-bond acceptors (Lipinski definition) is 2. The first-order valence-electron chi connectivity index (χ1n) is 4.37. The zero-order valence-corrected chi connectivity index (χ0v) is 8.43. The molecule has 3 heteroatoms. The van der Waals surface area contributed by atoms with Crippen molar-refractivity contribution in [2.45, 2.75) is 31.4 Å². The van der Waals surface area contributed by atoms with Crippen LogP contribution >= 0.6 is 0 Å². The topological polar surface area (TPSA) is 40.9 Å². The first-order valence-corrected chi connectivity index (χ1v) is 5.99. The lowest BCUT2D eigenvalue weighted by Gasteiger charge is -2.29. The fourth-order valence-corrected chi connectivity index (χ4v) is 3.10. The van der Waals surface area contributed by atoms with Crippen LogP contribution in [0.3, 0.4) is 0 Å². The van der Waals surface area contributed by atoms with Gasteiger partial charge in [0, 0.05) is 17.1 Å². The Morgan fingerprint density at radius 3 is 2.67 bits per heavy atom. The van der Waals surface area contributed by atoms with Crippen LogP contribution in [0.4, 0.5) is 0 Å². The molecule has 0 amide bonds. The van der Waals surface area contributed by atoms with Gasteiger partial charge in [0.2, 0.25) is 0 Å². The first kappa shape index (κ1) is 9.73. The summed E-state index contributed by atoms with van der Waals surface area (Å²) in [7, 11) is -0.825. The second kappa shape index (κ2) is 4.04. The molecule has 0 aromatic heterocycles. The van der Waals surface area contributed by atoms with Gasteiger partial charge in [0.05, 0.1) is 17.2 Å². The Balaban J connectivity index is 2.66. The molecular weight excluding hydrogens is 170 g/mol. The predicted octanol–water partition coefficient (Wildman–Crippen LogP) is 1.69. The quantitative estimate of drug-likeness (QED) is 0.624. The summed E-state index contributed by atoms with van der Waals surface area (Å²) >= 11 is 0. The van der Waals surface area contributed by atoms with Crippen molar-refractivity contribution < 1.29 is 4.21 Å². The molecule has 4 unspecified atom stereocenters. The highest BCUT2D eigenvalue weighted by Gasteiger charge is 2.30. The fraction of sp³-hybridized carbons (Fsp3) is 0.889. The van der Waals surface area contributed by atoms with Crippen LogP contribution < -0.4 is 0 Å². The predicted molar refractivity (Wildman–Crippen MR) is 50.0 cm³/mol. The van der Waals surface area contributed by atoms with E-state index in [0.29, 0.717) is 5.92 Å². The maximum Gasteiger partial charge on any atom is 0.0668 e. The second-order valence-electron chi connectivity index (χ2n) is 3.69. The van der Waals surface area contributed by atoms with Gasteiger partial charge in [-0.3, -0.25) is 4.21 Å². The SMILES string of the molecule is CC1CCC(C#N)C(S(C)=O)C1. The Hall–Kier alpha value is -0.360. The molecule has 1 aliphatic carbocycles. The second-order valence-corrected chi connectivity index (χ2v) is 5.29. The summed E-state index contributed by atoms with van der Waals surface area (Å²) in [4.78, 5) is 0. The van der Waals surface area contributed by atoms with Gasteiger partial charge >= 0.3 is 0 Å². The molecule has 0 spiro atoms.